The zero-order valence-corrected chi connectivity index (χ0v) is 17.9. The van der Waals surface area contributed by atoms with Crippen LogP contribution in [0.3, 0.4) is 0 Å². The number of anilines is 2. The van der Waals surface area contributed by atoms with E-state index in [0.29, 0.717) is 42.6 Å². The number of carbonyl (C=O) groups is 1. The van der Waals surface area contributed by atoms with E-state index in [1.807, 2.05) is 42.7 Å². The molecule has 162 valence electrons. The maximum Gasteiger partial charge on any atom is 0.416 e. The molecule has 0 spiro atoms. The van der Waals surface area contributed by atoms with Crippen molar-refractivity contribution in [2.75, 3.05) is 36.4 Å². The van der Waals surface area contributed by atoms with Crippen LogP contribution in [-0.2, 0) is 11.0 Å². The molecule has 2 aromatic carbocycles. The minimum absolute atomic E-state index is 0.156. The molecule has 0 aliphatic carbocycles. The SMILES string of the molecule is Cc1cc(C)c(NC(=O)C(C)N2CCN(c3cccc(C(F)(F)F)c3)CC2)c(Cl)c1. The number of alkyl halides is 3. The first-order valence-corrected chi connectivity index (χ1v) is 10.2. The van der Waals surface area contributed by atoms with Gasteiger partial charge in [0.2, 0.25) is 5.91 Å². The number of carbonyl (C=O) groups excluding carboxylic acids is 1. The lowest BCUT2D eigenvalue weighted by molar-refractivity contribution is -0.137. The Labute approximate surface area is 179 Å². The van der Waals surface area contributed by atoms with Crippen LogP contribution in [0.25, 0.3) is 0 Å². The largest absolute Gasteiger partial charge is 0.416 e. The number of aryl methyl sites for hydroxylation is 2. The molecule has 0 aromatic heterocycles. The Morgan fingerprint density at radius 2 is 1.77 bits per heavy atom. The molecule has 1 heterocycles. The van der Waals surface area contributed by atoms with Gasteiger partial charge in [0.1, 0.15) is 0 Å². The second-order valence-corrected chi connectivity index (χ2v) is 8.08. The minimum atomic E-state index is -4.36. The molecular weight excluding hydrogens is 415 g/mol. The van der Waals surface area contributed by atoms with E-state index in [4.69, 9.17) is 11.6 Å². The highest BCUT2D eigenvalue weighted by atomic mass is 35.5. The predicted molar refractivity (Wildman–Crippen MR) is 114 cm³/mol. The minimum Gasteiger partial charge on any atom is -0.369 e. The average Bonchev–Trinajstić information content (AvgIpc) is 2.69. The number of piperazine rings is 1. The summed E-state index contributed by atoms with van der Waals surface area (Å²) in [6.07, 6.45) is -4.36. The Bertz CT molecular complexity index is 901. The van der Waals surface area contributed by atoms with Crippen LogP contribution in [0.2, 0.25) is 5.02 Å². The molecule has 1 fully saturated rings. The van der Waals surface area contributed by atoms with Crippen molar-refractivity contribution >= 4 is 28.9 Å². The molecule has 30 heavy (non-hydrogen) atoms. The van der Waals surface area contributed by atoms with Gasteiger partial charge >= 0.3 is 6.18 Å². The molecule has 2 aromatic rings. The molecular formula is C22H25ClF3N3O. The monoisotopic (exact) mass is 439 g/mol. The number of nitrogens with one attached hydrogen (secondary N) is 1. The average molecular weight is 440 g/mol. The summed E-state index contributed by atoms with van der Waals surface area (Å²) >= 11 is 6.29. The van der Waals surface area contributed by atoms with E-state index >= 15 is 0 Å². The number of benzene rings is 2. The number of amides is 1. The highest BCUT2D eigenvalue weighted by Crippen LogP contribution is 2.32. The molecule has 8 heteroatoms. The Kier molecular flexibility index (Phi) is 6.62. The molecule has 1 N–H and O–H groups in total. The summed E-state index contributed by atoms with van der Waals surface area (Å²) in [4.78, 5) is 16.7. The molecule has 1 unspecified atom stereocenters. The fourth-order valence-corrected chi connectivity index (χ4v) is 4.08. The molecule has 1 atom stereocenters. The Morgan fingerprint density at radius 3 is 2.37 bits per heavy atom. The quantitative estimate of drug-likeness (QED) is 0.717. The van der Waals surface area contributed by atoms with Gasteiger partial charge in [-0.15, -0.1) is 0 Å². The van der Waals surface area contributed by atoms with Gasteiger partial charge in [-0.25, -0.2) is 0 Å². The summed E-state index contributed by atoms with van der Waals surface area (Å²) in [5.74, 6) is -0.156. The zero-order chi connectivity index (χ0) is 22.1. The van der Waals surface area contributed by atoms with Crippen LogP contribution >= 0.6 is 11.6 Å². The maximum absolute atomic E-state index is 13.0. The molecule has 0 saturated carbocycles. The molecule has 0 radical (unpaired) electrons. The van der Waals surface area contributed by atoms with Gasteiger partial charge in [-0.05, 0) is 56.2 Å². The first-order chi connectivity index (χ1) is 14.1. The Hall–Kier alpha value is -2.25. The fraction of sp³-hybridized carbons (Fsp3) is 0.409. The van der Waals surface area contributed by atoms with Gasteiger partial charge in [-0.2, -0.15) is 13.2 Å². The highest BCUT2D eigenvalue weighted by Gasteiger charge is 2.31. The highest BCUT2D eigenvalue weighted by molar-refractivity contribution is 6.34. The standard InChI is InChI=1S/C22H25ClF3N3O/c1-14-11-15(2)20(19(23)12-14)27-21(30)16(3)28-7-9-29(10-8-28)18-6-4-5-17(13-18)22(24,25)26/h4-6,11-13,16H,7-10H2,1-3H3,(H,27,30). The third-order valence-electron chi connectivity index (χ3n) is 5.46. The smallest absolute Gasteiger partial charge is 0.369 e. The van der Waals surface area contributed by atoms with E-state index in [2.05, 4.69) is 5.32 Å². The number of hydrogen-bond donors (Lipinski definition) is 1. The summed E-state index contributed by atoms with van der Waals surface area (Å²) in [5.41, 5.74) is 2.43. The lowest BCUT2D eigenvalue weighted by atomic mass is 10.1. The summed E-state index contributed by atoms with van der Waals surface area (Å²) in [6, 6.07) is 8.74. The van der Waals surface area contributed by atoms with Crippen LogP contribution in [0.5, 0.6) is 0 Å². The van der Waals surface area contributed by atoms with Crippen molar-refractivity contribution in [2.24, 2.45) is 0 Å². The lowest BCUT2D eigenvalue weighted by Gasteiger charge is -2.38. The van der Waals surface area contributed by atoms with Crippen molar-refractivity contribution in [3.05, 3.63) is 58.1 Å². The van der Waals surface area contributed by atoms with Crippen molar-refractivity contribution in [1.29, 1.82) is 0 Å². The van der Waals surface area contributed by atoms with Gasteiger partial charge in [0.05, 0.1) is 22.3 Å². The second-order valence-electron chi connectivity index (χ2n) is 7.67. The van der Waals surface area contributed by atoms with Crippen LogP contribution in [-0.4, -0.2) is 43.0 Å². The van der Waals surface area contributed by atoms with Crippen LogP contribution in [0.4, 0.5) is 24.5 Å². The van der Waals surface area contributed by atoms with Gasteiger partial charge in [0, 0.05) is 31.9 Å². The van der Waals surface area contributed by atoms with Crippen LogP contribution < -0.4 is 10.2 Å². The van der Waals surface area contributed by atoms with Crippen molar-refractivity contribution in [1.82, 2.24) is 4.90 Å². The molecule has 3 rings (SSSR count). The number of halogens is 4. The molecule has 1 amide bonds. The third kappa shape index (κ3) is 5.08. The predicted octanol–water partition coefficient (Wildman–Crippen LogP) is 5.12. The molecule has 1 aliphatic rings. The van der Waals surface area contributed by atoms with Crippen LogP contribution in [0, 0.1) is 13.8 Å². The summed E-state index contributed by atoms with van der Waals surface area (Å²) in [5, 5.41) is 3.42. The van der Waals surface area contributed by atoms with E-state index in [0.717, 1.165) is 17.2 Å². The van der Waals surface area contributed by atoms with Crippen molar-refractivity contribution in [3.63, 3.8) is 0 Å². The third-order valence-corrected chi connectivity index (χ3v) is 5.76. The number of nitrogens with zero attached hydrogens (tertiary/aromatic N) is 2. The second kappa shape index (κ2) is 8.86. The van der Waals surface area contributed by atoms with Gasteiger partial charge in [0.25, 0.3) is 0 Å². The fourth-order valence-electron chi connectivity index (χ4n) is 3.71. The number of hydrogen-bond acceptors (Lipinski definition) is 3. The van der Waals surface area contributed by atoms with E-state index in [-0.39, 0.29) is 11.9 Å². The topological polar surface area (TPSA) is 35.6 Å². The van der Waals surface area contributed by atoms with E-state index in [9.17, 15) is 18.0 Å². The summed E-state index contributed by atoms with van der Waals surface area (Å²) < 4.78 is 38.9. The van der Waals surface area contributed by atoms with Crippen molar-refractivity contribution in [3.8, 4) is 0 Å². The van der Waals surface area contributed by atoms with Crippen LogP contribution in [0.15, 0.2) is 36.4 Å². The van der Waals surface area contributed by atoms with E-state index < -0.39 is 11.7 Å². The van der Waals surface area contributed by atoms with Crippen LogP contribution in [0.1, 0.15) is 23.6 Å². The Morgan fingerprint density at radius 1 is 1.10 bits per heavy atom. The van der Waals surface area contributed by atoms with Gasteiger partial charge in [-0.1, -0.05) is 23.7 Å². The maximum atomic E-state index is 13.0. The van der Waals surface area contributed by atoms with Gasteiger partial charge in [-0.3, -0.25) is 9.69 Å². The first kappa shape index (κ1) is 22.4. The van der Waals surface area contributed by atoms with Gasteiger partial charge in [0.15, 0.2) is 0 Å². The summed E-state index contributed by atoms with van der Waals surface area (Å²) in [7, 11) is 0. The molecule has 0 bridgehead atoms. The van der Waals surface area contributed by atoms with Gasteiger partial charge < -0.3 is 10.2 Å². The first-order valence-electron chi connectivity index (χ1n) is 9.80. The number of rotatable bonds is 4. The van der Waals surface area contributed by atoms with E-state index in [1.54, 1.807) is 6.07 Å². The molecule has 4 nitrogen and oxygen atoms in total. The molecule has 1 saturated heterocycles. The van der Waals surface area contributed by atoms with Crippen molar-refractivity contribution < 1.29 is 18.0 Å². The summed E-state index contributed by atoms with van der Waals surface area (Å²) in [6.45, 7) is 7.90. The zero-order valence-electron chi connectivity index (χ0n) is 17.2. The normalized spacial score (nSPS) is 16.4. The van der Waals surface area contributed by atoms with E-state index in [1.165, 1.54) is 12.1 Å². The molecule has 1 aliphatic heterocycles. The van der Waals surface area contributed by atoms with Crippen molar-refractivity contribution in [2.45, 2.75) is 33.0 Å². The Balaban J connectivity index is 1.62. The lowest BCUT2D eigenvalue weighted by Crippen LogP contribution is -2.52.